The van der Waals surface area contributed by atoms with Crippen molar-refractivity contribution < 1.29 is 26.3 Å². The molecule has 4 rings (SSSR count). The molecular weight excluding hydrogens is 438 g/mol. The molecule has 33 heavy (non-hydrogen) atoms. The Bertz CT molecular complexity index is 1140. The van der Waals surface area contributed by atoms with Gasteiger partial charge in [-0.05, 0) is 91.1 Å². The molecular formula is C27H26F6. The van der Waals surface area contributed by atoms with Crippen molar-refractivity contribution in [2.24, 2.45) is 0 Å². The van der Waals surface area contributed by atoms with Gasteiger partial charge in [-0.25, -0.2) is 26.3 Å². The van der Waals surface area contributed by atoms with Crippen LogP contribution in [-0.2, 0) is 6.42 Å². The summed E-state index contributed by atoms with van der Waals surface area (Å²) in [6.07, 6.45) is 5.72. The number of fused-ring (bicyclic) bond motifs is 1. The first-order valence-corrected chi connectivity index (χ1v) is 11.5. The Morgan fingerprint density at radius 1 is 0.667 bits per heavy atom. The van der Waals surface area contributed by atoms with Crippen LogP contribution >= 0.6 is 0 Å². The highest BCUT2D eigenvalue weighted by Gasteiger charge is 2.29. The fourth-order valence-electron chi connectivity index (χ4n) is 5.11. The summed E-state index contributed by atoms with van der Waals surface area (Å²) in [6.45, 7) is 2.07. The maximum atomic E-state index is 14.8. The smallest absolute Gasteiger partial charge is 0.195 e. The van der Waals surface area contributed by atoms with Crippen LogP contribution in [0, 0.1) is 34.9 Å². The van der Waals surface area contributed by atoms with Crippen LogP contribution in [0.5, 0.6) is 0 Å². The minimum atomic E-state index is -1.70. The Morgan fingerprint density at radius 2 is 1.30 bits per heavy atom. The number of rotatable bonds is 6. The minimum absolute atomic E-state index is 0.0423. The minimum Gasteiger partial charge on any atom is -0.207 e. The first-order chi connectivity index (χ1) is 15.8. The second-order valence-electron chi connectivity index (χ2n) is 9.07. The first kappa shape index (κ1) is 23.7. The molecule has 0 bridgehead atoms. The summed E-state index contributed by atoms with van der Waals surface area (Å²) in [4.78, 5) is 0. The van der Waals surface area contributed by atoms with Crippen LogP contribution in [-0.4, -0.2) is 0 Å². The van der Waals surface area contributed by atoms with Crippen LogP contribution in [0.25, 0.3) is 10.8 Å². The molecule has 0 N–H and O–H groups in total. The summed E-state index contributed by atoms with van der Waals surface area (Å²) in [5, 5.41) is -0.617. The highest BCUT2D eigenvalue weighted by molar-refractivity contribution is 5.84. The lowest BCUT2D eigenvalue weighted by Gasteiger charge is -2.30. The normalized spacial score (nSPS) is 18.8. The molecule has 6 heteroatoms. The summed E-state index contributed by atoms with van der Waals surface area (Å²) in [5.74, 6) is -6.99. The highest BCUT2D eigenvalue weighted by Crippen LogP contribution is 2.43. The molecule has 1 saturated carbocycles. The van der Waals surface area contributed by atoms with E-state index in [0.29, 0.717) is 43.2 Å². The summed E-state index contributed by atoms with van der Waals surface area (Å²) < 4.78 is 85.2. The SMILES string of the molecule is CCCCCc1cc(F)c(C2CCC(c3cc(F)c4c(F)c(F)c(F)cc4c3)CC2)c(F)c1. The van der Waals surface area contributed by atoms with E-state index in [1.807, 2.05) is 0 Å². The van der Waals surface area contributed by atoms with Gasteiger partial charge in [0, 0.05) is 5.56 Å². The van der Waals surface area contributed by atoms with Gasteiger partial charge in [0.05, 0.1) is 5.39 Å². The van der Waals surface area contributed by atoms with Crippen molar-refractivity contribution in [1.29, 1.82) is 0 Å². The van der Waals surface area contributed by atoms with Crippen LogP contribution in [0.3, 0.4) is 0 Å². The van der Waals surface area contributed by atoms with Gasteiger partial charge < -0.3 is 0 Å². The van der Waals surface area contributed by atoms with E-state index in [1.165, 1.54) is 18.2 Å². The zero-order chi connectivity index (χ0) is 23.7. The van der Waals surface area contributed by atoms with Crippen molar-refractivity contribution in [3.8, 4) is 0 Å². The van der Waals surface area contributed by atoms with Gasteiger partial charge in [-0.2, -0.15) is 0 Å². The predicted molar refractivity (Wildman–Crippen MR) is 117 cm³/mol. The van der Waals surface area contributed by atoms with E-state index in [4.69, 9.17) is 0 Å². The molecule has 1 aliphatic rings. The lowest BCUT2D eigenvalue weighted by molar-refractivity contribution is 0.376. The third-order valence-corrected chi connectivity index (χ3v) is 6.86. The summed E-state index contributed by atoms with van der Waals surface area (Å²) in [5.41, 5.74) is 1.33. The molecule has 0 atom stereocenters. The molecule has 0 heterocycles. The van der Waals surface area contributed by atoms with Gasteiger partial charge in [0.25, 0.3) is 0 Å². The summed E-state index contributed by atoms with van der Waals surface area (Å²) in [7, 11) is 0. The fourth-order valence-corrected chi connectivity index (χ4v) is 5.11. The lowest BCUT2D eigenvalue weighted by Crippen LogP contribution is -2.15. The molecule has 0 radical (unpaired) electrons. The van der Waals surface area contributed by atoms with Crippen molar-refractivity contribution in [3.05, 3.63) is 81.9 Å². The second-order valence-corrected chi connectivity index (χ2v) is 9.07. The fraction of sp³-hybridized carbons (Fsp3) is 0.407. The van der Waals surface area contributed by atoms with Gasteiger partial charge in [-0.3, -0.25) is 0 Å². The molecule has 0 saturated heterocycles. The van der Waals surface area contributed by atoms with Crippen LogP contribution in [0.4, 0.5) is 26.3 Å². The number of hydrogen-bond acceptors (Lipinski definition) is 0. The largest absolute Gasteiger partial charge is 0.207 e. The molecule has 1 aliphatic carbocycles. The average molecular weight is 464 g/mol. The predicted octanol–water partition coefficient (Wildman–Crippen LogP) is 8.85. The van der Waals surface area contributed by atoms with Crippen LogP contribution in [0.15, 0.2) is 30.3 Å². The molecule has 0 amide bonds. The van der Waals surface area contributed by atoms with E-state index in [9.17, 15) is 26.3 Å². The third kappa shape index (κ3) is 4.75. The zero-order valence-corrected chi connectivity index (χ0v) is 18.5. The van der Waals surface area contributed by atoms with Crippen LogP contribution < -0.4 is 0 Å². The Kier molecular flexibility index (Phi) is 7.01. The van der Waals surface area contributed by atoms with Crippen LogP contribution in [0.2, 0.25) is 0 Å². The third-order valence-electron chi connectivity index (χ3n) is 6.86. The molecule has 3 aromatic rings. The van der Waals surface area contributed by atoms with Crippen molar-refractivity contribution in [2.75, 3.05) is 0 Å². The van der Waals surface area contributed by atoms with Crippen molar-refractivity contribution in [1.82, 2.24) is 0 Å². The van der Waals surface area contributed by atoms with E-state index in [1.54, 1.807) is 0 Å². The molecule has 0 spiro atoms. The number of unbranched alkanes of at least 4 members (excludes halogenated alkanes) is 2. The van der Waals surface area contributed by atoms with Crippen molar-refractivity contribution in [3.63, 3.8) is 0 Å². The van der Waals surface area contributed by atoms with Gasteiger partial charge in [0.2, 0.25) is 0 Å². The van der Waals surface area contributed by atoms with Gasteiger partial charge >= 0.3 is 0 Å². The number of benzene rings is 3. The molecule has 0 aliphatic heterocycles. The summed E-state index contributed by atoms with van der Waals surface area (Å²) in [6, 6.07) is 6.28. The molecule has 3 aromatic carbocycles. The maximum Gasteiger partial charge on any atom is 0.195 e. The second kappa shape index (κ2) is 9.78. The number of aryl methyl sites for hydroxylation is 1. The lowest BCUT2D eigenvalue weighted by atomic mass is 9.75. The number of halogens is 6. The standard InChI is InChI=1S/C27H26F6/c1-2-3-4-5-15-10-20(28)24(21(29)11-15)17-8-6-16(7-9-17)18-12-19-14-23(31)26(32)27(33)25(19)22(30)13-18/h10-14,16-17H,2-9H2,1H3. The van der Waals surface area contributed by atoms with Gasteiger partial charge in [0.1, 0.15) is 17.5 Å². The maximum absolute atomic E-state index is 14.8. The van der Waals surface area contributed by atoms with E-state index in [2.05, 4.69) is 6.92 Å². The molecule has 0 aromatic heterocycles. The monoisotopic (exact) mass is 464 g/mol. The highest BCUT2D eigenvalue weighted by atomic mass is 19.2. The van der Waals surface area contributed by atoms with Crippen molar-refractivity contribution >= 4 is 10.8 Å². The van der Waals surface area contributed by atoms with Crippen molar-refractivity contribution in [2.45, 2.75) is 70.1 Å². The quantitative estimate of drug-likeness (QED) is 0.194. The Hall–Kier alpha value is -2.50. The van der Waals surface area contributed by atoms with E-state index in [0.717, 1.165) is 31.4 Å². The Labute approximate surface area is 189 Å². The van der Waals surface area contributed by atoms with E-state index < -0.39 is 40.3 Å². The van der Waals surface area contributed by atoms with E-state index in [-0.39, 0.29) is 22.8 Å². The van der Waals surface area contributed by atoms with E-state index >= 15 is 0 Å². The molecule has 0 unspecified atom stereocenters. The van der Waals surface area contributed by atoms with Gasteiger partial charge in [-0.1, -0.05) is 25.8 Å². The topological polar surface area (TPSA) is 0 Å². The number of hydrogen-bond donors (Lipinski definition) is 0. The Morgan fingerprint density at radius 3 is 1.94 bits per heavy atom. The van der Waals surface area contributed by atoms with Gasteiger partial charge in [-0.15, -0.1) is 0 Å². The summed E-state index contributed by atoms with van der Waals surface area (Å²) >= 11 is 0. The molecule has 176 valence electrons. The Balaban J connectivity index is 1.51. The average Bonchev–Trinajstić information content (AvgIpc) is 2.77. The van der Waals surface area contributed by atoms with Gasteiger partial charge in [0.15, 0.2) is 17.5 Å². The molecule has 1 fully saturated rings. The zero-order valence-electron chi connectivity index (χ0n) is 18.5. The van der Waals surface area contributed by atoms with Crippen LogP contribution in [0.1, 0.15) is 80.4 Å². The molecule has 0 nitrogen and oxygen atoms in total. The first-order valence-electron chi connectivity index (χ1n) is 11.5.